The van der Waals surface area contributed by atoms with Crippen molar-refractivity contribution in [3.63, 3.8) is 0 Å². The monoisotopic (exact) mass is 331 g/mol. The molecule has 2 aromatic heterocycles. The van der Waals surface area contributed by atoms with Gasteiger partial charge in [0.25, 0.3) is 0 Å². The molecule has 1 aliphatic carbocycles. The number of aryl methyl sites for hydroxylation is 1. The highest BCUT2D eigenvalue weighted by molar-refractivity contribution is 6.29. The predicted octanol–water partition coefficient (Wildman–Crippen LogP) is 0.268. The van der Waals surface area contributed by atoms with Crippen LogP contribution in [0.4, 0.5) is 0 Å². The van der Waals surface area contributed by atoms with E-state index in [0.717, 1.165) is 0 Å². The van der Waals surface area contributed by atoms with Crippen molar-refractivity contribution >= 4 is 17.5 Å². The van der Waals surface area contributed by atoms with E-state index in [2.05, 4.69) is 4.98 Å². The lowest BCUT2D eigenvalue weighted by atomic mass is 9.90. The molecule has 1 atom stereocenters. The zero-order valence-electron chi connectivity index (χ0n) is 12.6. The summed E-state index contributed by atoms with van der Waals surface area (Å²) < 4.78 is 10.2. The second-order valence-electron chi connectivity index (χ2n) is 5.23. The zero-order valence-corrected chi connectivity index (χ0v) is 12.6. The van der Waals surface area contributed by atoms with Crippen LogP contribution >= 0.6 is 0 Å². The first kappa shape index (κ1) is 16.0. The number of pyridine rings is 1. The van der Waals surface area contributed by atoms with E-state index in [1.807, 2.05) is 0 Å². The molecule has 124 valence electrons. The number of ketones is 2. The predicted molar refractivity (Wildman–Crippen MR) is 77.9 cm³/mol. The summed E-state index contributed by atoms with van der Waals surface area (Å²) in [7, 11) is 0. The minimum absolute atomic E-state index is 0.0537. The summed E-state index contributed by atoms with van der Waals surface area (Å²) in [5.74, 6) is -2.24. The third-order valence-corrected chi connectivity index (χ3v) is 3.61. The van der Waals surface area contributed by atoms with E-state index in [9.17, 15) is 19.5 Å². The van der Waals surface area contributed by atoms with Crippen LogP contribution in [0.2, 0.25) is 0 Å². The standard InChI is InChI=1S/C16H13NO7/c1-7-10(16(22)23-6-8(19)5-18)11-14(21)12-9(3-2-4-17-12)13(20)15(11)24-7/h2-4,8,18-19H,5-6H2,1H3/t8-/m0/s1. The Hall–Kier alpha value is -2.84. The quantitative estimate of drug-likeness (QED) is 0.652. The molecule has 2 heterocycles. The topological polar surface area (TPSA) is 127 Å². The summed E-state index contributed by atoms with van der Waals surface area (Å²) in [4.78, 5) is 41.2. The number of carbonyl (C=O) groups is 3. The number of hydrogen-bond donors (Lipinski definition) is 2. The second kappa shape index (κ2) is 5.99. The van der Waals surface area contributed by atoms with E-state index in [4.69, 9.17) is 14.3 Å². The lowest BCUT2D eigenvalue weighted by Gasteiger charge is -2.13. The van der Waals surface area contributed by atoms with Gasteiger partial charge in [0.05, 0.1) is 17.7 Å². The minimum atomic E-state index is -1.24. The summed E-state index contributed by atoms with van der Waals surface area (Å²) >= 11 is 0. The van der Waals surface area contributed by atoms with Crippen LogP contribution in [0.15, 0.2) is 22.7 Å². The van der Waals surface area contributed by atoms with Crippen molar-refractivity contribution in [3.05, 3.63) is 52.2 Å². The van der Waals surface area contributed by atoms with Gasteiger partial charge in [-0.05, 0) is 19.1 Å². The van der Waals surface area contributed by atoms with Gasteiger partial charge in [-0.2, -0.15) is 0 Å². The van der Waals surface area contributed by atoms with E-state index < -0.39 is 36.9 Å². The molecule has 0 amide bonds. The zero-order chi connectivity index (χ0) is 17.4. The number of aromatic nitrogens is 1. The first-order valence-corrected chi connectivity index (χ1v) is 7.09. The molecule has 0 spiro atoms. The molecular formula is C16H13NO7. The largest absolute Gasteiger partial charge is 0.459 e. The van der Waals surface area contributed by atoms with Crippen LogP contribution in [-0.2, 0) is 4.74 Å². The summed E-state index contributed by atoms with van der Waals surface area (Å²) in [5.41, 5.74) is -0.309. The van der Waals surface area contributed by atoms with Crippen molar-refractivity contribution in [1.29, 1.82) is 0 Å². The molecule has 0 saturated heterocycles. The highest BCUT2D eigenvalue weighted by Gasteiger charge is 2.39. The van der Waals surface area contributed by atoms with Crippen LogP contribution in [0.5, 0.6) is 0 Å². The third-order valence-electron chi connectivity index (χ3n) is 3.61. The second-order valence-corrected chi connectivity index (χ2v) is 5.23. The van der Waals surface area contributed by atoms with Gasteiger partial charge in [0.2, 0.25) is 11.6 Å². The fourth-order valence-corrected chi connectivity index (χ4v) is 2.47. The Morgan fingerprint density at radius 3 is 2.83 bits per heavy atom. The molecule has 0 fully saturated rings. The molecule has 0 saturated carbocycles. The molecule has 3 rings (SSSR count). The Morgan fingerprint density at radius 2 is 2.12 bits per heavy atom. The summed E-state index contributed by atoms with van der Waals surface area (Å²) in [6.45, 7) is 0.395. The fourth-order valence-electron chi connectivity index (χ4n) is 2.47. The van der Waals surface area contributed by atoms with E-state index in [1.165, 1.54) is 25.3 Å². The fraction of sp³-hybridized carbons (Fsp3) is 0.250. The van der Waals surface area contributed by atoms with Crippen molar-refractivity contribution in [3.8, 4) is 0 Å². The number of rotatable bonds is 4. The van der Waals surface area contributed by atoms with Gasteiger partial charge in [0.1, 0.15) is 29.7 Å². The Kier molecular flexibility index (Phi) is 4.00. The van der Waals surface area contributed by atoms with E-state index in [1.54, 1.807) is 0 Å². The number of aliphatic hydroxyl groups excluding tert-OH is 2. The van der Waals surface area contributed by atoms with Crippen LogP contribution in [0.3, 0.4) is 0 Å². The highest BCUT2D eigenvalue weighted by atomic mass is 16.5. The maximum atomic E-state index is 12.6. The molecule has 0 unspecified atom stereocenters. The van der Waals surface area contributed by atoms with Crippen molar-refractivity contribution in [2.45, 2.75) is 13.0 Å². The smallest absolute Gasteiger partial charge is 0.342 e. The normalized spacial score (nSPS) is 14.1. The van der Waals surface area contributed by atoms with Gasteiger partial charge in [-0.3, -0.25) is 14.6 Å². The van der Waals surface area contributed by atoms with Crippen LogP contribution in [0.1, 0.15) is 48.3 Å². The maximum Gasteiger partial charge on any atom is 0.342 e. The van der Waals surface area contributed by atoms with E-state index >= 15 is 0 Å². The molecule has 0 bridgehead atoms. The molecule has 8 nitrogen and oxygen atoms in total. The summed E-state index contributed by atoms with van der Waals surface area (Å²) in [5, 5.41) is 18.0. The highest BCUT2D eigenvalue weighted by Crippen LogP contribution is 2.32. The molecule has 8 heteroatoms. The molecule has 0 aliphatic heterocycles. The van der Waals surface area contributed by atoms with Gasteiger partial charge in [-0.15, -0.1) is 0 Å². The lowest BCUT2D eigenvalue weighted by Crippen LogP contribution is -2.25. The Bertz CT molecular complexity index is 852. The molecule has 0 aromatic carbocycles. The molecule has 2 aromatic rings. The van der Waals surface area contributed by atoms with E-state index in [-0.39, 0.29) is 33.9 Å². The van der Waals surface area contributed by atoms with Gasteiger partial charge in [-0.1, -0.05) is 0 Å². The Morgan fingerprint density at radius 1 is 1.38 bits per heavy atom. The van der Waals surface area contributed by atoms with Crippen LogP contribution in [-0.4, -0.2) is 52.1 Å². The number of hydrogen-bond acceptors (Lipinski definition) is 8. The van der Waals surface area contributed by atoms with E-state index in [0.29, 0.717) is 0 Å². The number of carbonyl (C=O) groups excluding carboxylic acids is 3. The number of nitrogens with zero attached hydrogens (tertiary/aromatic N) is 1. The molecule has 24 heavy (non-hydrogen) atoms. The number of esters is 1. The summed E-state index contributed by atoms with van der Waals surface area (Å²) in [6.07, 6.45) is 0.133. The van der Waals surface area contributed by atoms with Crippen LogP contribution < -0.4 is 0 Å². The van der Waals surface area contributed by atoms with Gasteiger partial charge < -0.3 is 19.4 Å². The van der Waals surface area contributed by atoms with Crippen molar-refractivity contribution < 1.29 is 33.8 Å². The van der Waals surface area contributed by atoms with Gasteiger partial charge in [-0.25, -0.2) is 4.79 Å². The average Bonchev–Trinajstić information content (AvgIpc) is 2.95. The average molecular weight is 331 g/mol. The van der Waals surface area contributed by atoms with Crippen molar-refractivity contribution in [2.75, 3.05) is 13.2 Å². The number of aliphatic hydroxyl groups is 2. The molecular weight excluding hydrogens is 318 g/mol. The Labute approximate surface area is 135 Å². The van der Waals surface area contributed by atoms with Gasteiger partial charge in [0.15, 0.2) is 5.76 Å². The molecule has 0 radical (unpaired) electrons. The van der Waals surface area contributed by atoms with Gasteiger partial charge >= 0.3 is 5.97 Å². The first-order valence-electron chi connectivity index (χ1n) is 7.09. The maximum absolute atomic E-state index is 12.6. The summed E-state index contributed by atoms with van der Waals surface area (Å²) in [6, 6.07) is 2.98. The lowest BCUT2D eigenvalue weighted by molar-refractivity contribution is 0.00912. The molecule has 2 N–H and O–H groups in total. The molecule has 1 aliphatic rings. The Balaban J connectivity index is 2.03. The first-order chi connectivity index (χ1) is 11.5. The minimum Gasteiger partial charge on any atom is -0.459 e. The number of furan rings is 1. The van der Waals surface area contributed by atoms with Crippen molar-refractivity contribution in [2.24, 2.45) is 0 Å². The SMILES string of the molecule is Cc1oc2c(c1C(=O)OC[C@@H](O)CO)C(=O)c1ncccc1C2=O. The van der Waals surface area contributed by atoms with Crippen LogP contribution in [0, 0.1) is 6.92 Å². The van der Waals surface area contributed by atoms with Crippen molar-refractivity contribution in [1.82, 2.24) is 4.98 Å². The number of ether oxygens (including phenoxy) is 1. The van der Waals surface area contributed by atoms with Gasteiger partial charge in [0, 0.05) is 6.20 Å². The number of fused-ring (bicyclic) bond motifs is 2. The van der Waals surface area contributed by atoms with Crippen LogP contribution in [0.25, 0.3) is 0 Å². The third kappa shape index (κ3) is 2.41.